The Morgan fingerprint density at radius 3 is 1.39 bits per heavy atom. The molecule has 0 atom stereocenters. The number of ether oxygens (including phenoxy) is 6. The standard InChI is InChI=1S/C32H30F2O10/c1-3-29(35)41-19-39-25-9-5-21(27(33)17-25)7-15-31(37)43-23-11-13-24(14-12-23)44-32(38)16-8-22-6-10-26(18-28(22)34)40-20-42-30(36)4-2/h3-10,15-18,23-24H,1-2,11-14,19-20H2/b15-7-,16-8+. The maximum Gasteiger partial charge on any atom is 0.333 e. The third-order valence-corrected chi connectivity index (χ3v) is 6.12. The normalized spacial score (nSPS) is 16.1. The zero-order valence-corrected chi connectivity index (χ0v) is 23.6. The second-order valence-electron chi connectivity index (χ2n) is 9.17. The lowest BCUT2D eigenvalue weighted by atomic mass is 9.95. The van der Waals surface area contributed by atoms with Gasteiger partial charge in [-0.25, -0.2) is 28.0 Å². The monoisotopic (exact) mass is 612 g/mol. The topological polar surface area (TPSA) is 124 Å². The van der Waals surface area contributed by atoms with Crippen molar-refractivity contribution >= 4 is 36.0 Å². The van der Waals surface area contributed by atoms with Crippen molar-refractivity contribution in [1.29, 1.82) is 0 Å². The summed E-state index contributed by atoms with van der Waals surface area (Å²) in [7, 11) is 0. The predicted octanol–water partition coefficient (Wildman–Crippen LogP) is 5.22. The molecule has 1 aliphatic carbocycles. The Morgan fingerprint density at radius 1 is 0.659 bits per heavy atom. The minimum Gasteiger partial charge on any atom is -0.459 e. The highest BCUT2D eigenvalue weighted by Gasteiger charge is 2.25. The fourth-order valence-electron chi connectivity index (χ4n) is 3.89. The number of hydrogen-bond acceptors (Lipinski definition) is 10. The highest BCUT2D eigenvalue weighted by atomic mass is 19.1. The molecule has 0 bridgehead atoms. The molecule has 1 saturated carbocycles. The van der Waals surface area contributed by atoms with Gasteiger partial charge in [0, 0.05) is 47.6 Å². The quantitative estimate of drug-likeness (QED) is 0.121. The van der Waals surface area contributed by atoms with Crippen LogP contribution >= 0.6 is 0 Å². The molecular formula is C32H30F2O10. The fourth-order valence-corrected chi connectivity index (χ4v) is 3.89. The Morgan fingerprint density at radius 2 is 1.05 bits per heavy atom. The van der Waals surface area contributed by atoms with Crippen molar-refractivity contribution in [1.82, 2.24) is 0 Å². The third kappa shape index (κ3) is 11.2. The zero-order chi connectivity index (χ0) is 31.9. The van der Waals surface area contributed by atoms with Crippen LogP contribution in [0.4, 0.5) is 8.78 Å². The van der Waals surface area contributed by atoms with Gasteiger partial charge in [-0.3, -0.25) is 0 Å². The minimum absolute atomic E-state index is 0.122. The van der Waals surface area contributed by atoms with Crippen molar-refractivity contribution in [2.45, 2.75) is 37.9 Å². The number of hydrogen-bond donors (Lipinski definition) is 0. The second kappa shape index (κ2) is 17.0. The largest absolute Gasteiger partial charge is 0.459 e. The van der Waals surface area contributed by atoms with E-state index in [4.69, 9.17) is 18.9 Å². The lowest BCUT2D eigenvalue weighted by molar-refractivity contribution is -0.151. The molecule has 0 amide bonds. The van der Waals surface area contributed by atoms with Crippen molar-refractivity contribution < 1.29 is 56.4 Å². The van der Waals surface area contributed by atoms with Crippen molar-refractivity contribution in [2.24, 2.45) is 0 Å². The van der Waals surface area contributed by atoms with E-state index in [1.54, 1.807) is 0 Å². The Labute approximate surface area is 252 Å². The molecule has 0 unspecified atom stereocenters. The van der Waals surface area contributed by atoms with Crippen molar-refractivity contribution in [2.75, 3.05) is 13.6 Å². The van der Waals surface area contributed by atoms with Crippen LogP contribution in [0.25, 0.3) is 12.2 Å². The van der Waals surface area contributed by atoms with Gasteiger partial charge in [-0.15, -0.1) is 0 Å². The summed E-state index contributed by atoms with van der Waals surface area (Å²) >= 11 is 0. The van der Waals surface area contributed by atoms with E-state index < -0.39 is 61.3 Å². The lowest BCUT2D eigenvalue weighted by Crippen LogP contribution is -2.29. The average molecular weight is 613 g/mol. The Balaban J connectivity index is 1.38. The van der Waals surface area contributed by atoms with E-state index in [-0.39, 0.29) is 22.6 Å². The summed E-state index contributed by atoms with van der Waals surface area (Å²) in [5, 5.41) is 0. The number of esters is 4. The second-order valence-corrected chi connectivity index (χ2v) is 9.17. The van der Waals surface area contributed by atoms with Crippen LogP contribution in [-0.4, -0.2) is 49.7 Å². The first-order chi connectivity index (χ1) is 21.2. The fraction of sp³-hybridized carbons (Fsp3) is 0.250. The van der Waals surface area contributed by atoms with Crippen LogP contribution < -0.4 is 9.47 Å². The first kappa shape index (κ1) is 33.2. The van der Waals surface area contributed by atoms with Gasteiger partial charge in [0.25, 0.3) is 0 Å². The smallest absolute Gasteiger partial charge is 0.333 e. The summed E-state index contributed by atoms with van der Waals surface area (Å²) in [5.41, 5.74) is 0.244. The maximum atomic E-state index is 14.3. The van der Waals surface area contributed by atoms with Crippen LogP contribution in [0.5, 0.6) is 11.5 Å². The molecule has 0 N–H and O–H groups in total. The molecule has 44 heavy (non-hydrogen) atoms. The summed E-state index contributed by atoms with van der Waals surface area (Å²) in [6.45, 7) is 5.68. The zero-order valence-electron chi connectivity index (χ0n) is 23.6. The number of carbonyl (C=O) groups is 4. The van der Waals surface area contributed by atoms with E-state index in [1.165, 1.54) is 36.4 Å². The van der Waals surface area contributed by atoms with Crippen LogP contribution in [0.1, 0.15) is 36.8 Å². The van der Waals surface area contributed by atoms with Gasteiger partial charge < -0.3 is 28.4 Å². The molecule has 0 radical (unpaired) electrons. The van der Waals surface area contributed by atoms with Gasteiger partial charge in [0.2, 0.25) is 13.6 Å². The number of benzene rings is 2. The molecule has 12 heteroatoms. The van der Waals surface area contributed by atoms with E-state index in [0.29, 0.717) is 25.7 Å². The van der Waals surface area contributed by atoms with Crippen LogP contribution in [-0.2, 0) is 38.1 Å². The van der Waals surface area contributed by atoms with Crippen LogP contribution in [0.15, 0.2) is 73.9 Å². The van der Waals surface area contributed by atoms with E-state index in [1.807, 2.05) is 0 Å². The minimum atomic E-state index is -0.678. The van der Waals surface area contributed by atoms with Gasteiger partial charge >= 0.3 is 23.9 Å². The van der Waals surface area contributed by atoms with Gasteiger partial charge in [0.05, 0.1) is 0 Å². The molecule has 1 fully saturated rings. The third-order valence-electron chi connectivity index (χ3n) is 6.12. The summed E-state index contributed by atoms with van der Waals surface area (Å²) in [6, 6.07) is 7.84. The molecule has 0 spiro atoms. The maximum absolute atomic E-state index is 14.3. The van der Waals surface area contributed by atoms with Gasteiger partial charge in [0.1, 0.15) is 35.3 Å². The molecule has 0 heterocycles. The van der Waals surface area contributed by atoms with Gasteiger partial charge in [-0.2, -0.15) is 0 Å². The molecule has 10 nitrogen and oxygen atoms in total. The van der Waals surface area contributed by atoms with Gasteiger partial charge in [-0.05, 0) is 62.1 Å². The highest BCUT2D eigenvalue weighted by molar-refractivity contribution is 5.88. The van der Waals surface area contributed by atoms with Crippen LogP contribution in [0.2, 0.25) is 0 Å². The number of halogens is 2. The number of carbonyl (C=O) groups excluding carboxylic acids is 4. The molecular weight excluding hydrogens is 582 g/mol. The Bertz CT molecular complexity index is 1320. The van der Waals surface area contributed by atoms with E-state index in [9.17, 15) is 28.0 Å². The van der Waals surface area contributed by atoms with E-state index in [0.717, 1.165) is 36.4 Å². The van der Waals surface area contributed by atoms with Gasteiger partial charge in [0.15, 0.2) is 0 Å². The van der Waals surface area contributed by atoms with Gasteiger partial charge in [-0.1, -0.05) is 13.2 Å². The summed E-state index contributed by atoms with van der Waals surface area (Å²) in [6.07, 6.45) is 7.72. The summed E-state index contributed by atoms with van der Waals surface area (Å²) in [4.78, 5) is 46.5. The van der Waals surface area contributed by atoms with Crippen molar-refractivity contribution in [3.05, 3.63) is 96.6 Å². The molecule has 2 aromatic rings. The molecule has 3 rings (SSSR count). The van der Waals surface area contributed by atoms with E-state index >= 15 is 0 Å². The van der Waals surface area contributed by atoms with Crippen molar-refractivity contribution in [3.8, 4) is 11.5 Å². The van der Waals surface area contributed by atoms with Crippen LogP contribution in [0.3, 0.4) is 0 Å². The lowest BCUT2D eigenvalue weighted by Gasteiger charge is -2.27. The summed E-state index contributed by atoms with van der Waals surface area (Å²) in [5.74, 6) is -3.71. The van der Waals surface area contributed by atoms with E-state index in [2.05, 4.69) is 22.6 Å². The Hall–Kier alpha value is -5.26. The van der Waals surface area contributed by atoms with Crippen molar-refractivity contribution in [3.63, 3.8) is 0 Å². The molecule has 232 valence electrons. The highest BCUT2D eigenvalue weighted by Crippen LogP contribution is 2.25. The SMILES string of the molecule is C=CC(=O)OCOc1ccc(/C=C\C(=O)OC2CCC(OC(=O)/C=C/c3ccc(OCOC(=O)C=C)cc3F)CC2)c(F)c1. The molecule has 2 aromatic carbocycles. The first-order valence-corrected chi connectivity index (χ1v) is 13.4. The first-order valence-electron chi connectivity index (χ1n) is 13.4. The average Bonchev–Trinajstić information content (AvgIpc) is 3.01. The molecule has 1 aliphatic rings. The van der Waals surface area contributed by atoms with Crippen LogP contribution in [0, 0.1) is 11.6 Å². The molecule has 0 saturated heterocycles. The molecule has 0 aromatic heterocycles. The molecule has 0 aliphatic heterocycles. The Kier molecular flexibility index (Phi) is 12.8. The number of rotatable bonds is 14. The predicted molar refractivity (Wildman–Crippen MR) is 153 cm³/mol. The summed E-state index contributed by atoms with van der Waals surface area (Å²) < 4.78 is 59.1.